The fraction of sp³-hybridized carbons (Fsp3) is 0.143. The van der Waals surface area contributed by atoms with Gasteiger partial charge >= 0.3 is 6.18 Å². The first kappa shape index (κ1) is 14.5. The van der Waals surface area contributed by atoms with Gasteiger partial charge in [0.2, 0.25) is 0 Å². The van der Waals surface area contributed by atoms with E-state index in [1.54, 1.807) is 30.3 Å². The average molecular weight is 285 g/mol. The summed E-state index contributed by atoms with van der Waals surface area (Å²) in [6, 6.07) is 11.2. The third-order valence-electron chi connectivity index (χ3n) is 2.85. The van der Waals surface area contributed by atoms with Gasteiger partial charge in [0.05, 0.1) is 5.56 Å². The number of hydrogen-bond donors (Lipinski definition) is 1. The zero-order chi connectivity index (χ0) is 14.8. The summed E-state index contributed by atoms with van der Waals surface area (Å²) in [4.78, 5) is 4.66. The van der Waals surface area contributed by atoms with E-state index in [-0.39, 0.29) is 5.56 Å². The van der Waals surface area contributed by atoms with Crippen LogP contribution in [0.3, 0.4) is 0 Å². The van der Waals surface area contributed by atoms with Crippen molar-refractivity contribution in [1.82, 2.24) is 0 Å². The smallest absolute Gasteiger partial charge is 0.292 e. The van der Waals surface area contributed by atoms with E-state index < -0.39 is 23.7 Å². The van der Waals surface area contributed by atoms with Gasteiger partial charge in [0, 0.05) is 5.56 Å². The van der Waals surface area contributed by atoms with Crippen LogP contribution in [-0.2, 0) is 11.0 Å². The Morgan fingerprint density at radius 2 is 1.60 bits per heavy atom. The van der Waals surface area contributed by atoms with Crippen LogP contribution in [0.1, 0.15) is 22.8 Å². The molecule has 0 aromatic heterocycles. The highest BCUT2D eigenvalue weighted by molar-refractivity contribution is 5.35. The van der Waals surface area contributed by atoms with Crippen molar-refractivity contribution in [1.29, 1.82) is 0 Å². The predicted octanol–water partition coefficient (Wildman–Crippen LogP) is 3.82. The molecule has 0 saturated carbocycles. The second-order valence-electron chi connectivity index (χ2n) is 4.13. The highest BCUT2D eigenvalue weighted by Gasteiger charge is 2.36. The van der Waals surface area contributed by atoms with Crippen molar-refractivity contribution in [3.63, 3.8) is 0 Å². The van der Waals surface area contributed by atoms with Crippen LogP contribution in [0.4, 0.5) is 17.6 Å². The Balaban J connectivity index is 2.52. The Kier molecular flexibility index (Phi) is 4.06. The second kappa shape index (κ2) is 5.60. The molecule has 0 heterocycles. The van der Waals surface area contributed by atoms with Crippen molar-refractivity contribution < 1.29 is 22.4 Å². The molecule has 2 rings (SSSR count). The molecule has 0 aliphatic heterocycles. The van der Waals surface area contributed by atoms with E-state index in [2.05, 4.69) is 4.84 Å². The van der Waals surface area contributed by atoms with Crippen molar-refractivity contribution in [2.24, 2.45) is 5.90 Å². The number of rotatable bonds is 3. The maximum atomic E-state index is 14.0. The Bertz CT molecular complexity index is 583. The molecule has 20 heavy (non-hydrogen) atoms. The van der Waals surface area contributed by atoms with Gasteiger partial charge in [0.1, 0.15) is 11.9 Å². The summed E-state index contributed by atoms with van der Waals surface area (Å²) in [6.45, 7) is 0. The average Bonchev–Trinajstić information content (AvgIpc) is 2.41. The van der Waals surface area contributed by atoms with Crippen LogP contribution >= 0.6 is 0 Å². The van der Waals surface area contributed by atoms with E-state index in [9.17, 15) is 17.6 Å². The third kappa shape index (κ3) is 2.81. The molecule has 106 valence electrons. The van der Waals surface area contributed by atoms with Crippen LogP contribution in [-0.4, -0.2) is 0 Å². The molecule has 2 aromatic rings. The van der Waals surface area contributed by atoms with Crippen LogP contribution in [0, 0.1) is 5.82 Å². The fourth-order valence-electron chi connectivity index (χ4n) is 1.93. The van der Waals surface area contributed by atoms with Gasteiger partial charge in [0.15, 0.2) is 0 Å². The number of hydrogen-bond acceptors (Lipinski definition) is 2. The lowest BCUT2D eigenvalue weighted by atomic mass is 9.98. The van der Waals surface area contributed by atoms with Gasteiger partial charge in [-0.05, 0) is 11.6 Å². The monoisotopic (exact) mass is 285 g/mol. The maximum Gasteiger partial charge on any atom is 0.419 e. The maximum absolute atomic E-state index is 14.0. The van der Waals surface area contributed by atoms with Crippen molar-refractivity contribution in [2.45, 2.75) is 12.3 Å². The second-order valence-corrected chi connectivity index (χ2v) is 4.13. The van der Waals surface area contributed by atoms with Crippen molar-refractivity contribution >= 4 is 0 Å². The van der Waals surface area contributed by atoms with E-state index in [4.69, 9.17) is 5.90 Å². The zero-order valence-corrected chi connectivity index (χ0v) is 10.2. The Labute approximate surface area is 112 Å². The lowest BCUT2D eigenvalue weighted by molar-refractivity contribution is -0.140. The molecule has 0 saturated heterocycles. The minimum absolute atomic E-state index is 0.256. The SMILES string of the molecule is NOC(c1ccccc1)c1cccc(C(F)(F)F)c1F. The molecule has 2 N–H and O–H groups in total. The summed E-state index contributed by atoms with van der Waals surface area (Å²) in [6.07, 6.45) is -5.87. The van der Waals surface area contributed by atoms with Crippen LogP contribution in [0.5, 0.6) is 0 Å². The molecule has 0 bridgehead atoms. The van der Waals surface area contributed by atoms with Gasteiger partial charge in [-0.1, -0.05) is 42.5 Å². The van der Waals surface area contributed by atoms with Gasteiger partial charge < -0.3 is 0 Å². The first-order valence-corrected chi connectivity index (χ1v) is 5.71. The quantitative estimate of drug-likeness (QED) is 0.687. The van der Waals surface area contributed by atoms with Crippen LogP contribution in [0.15, 0.2) is 48.5 Å². The van der Waals surface area contributed by atoms with Crippen molar-refractivity contribution in [3.05, 3.63) is 71.0 Å². The van der Waals surface area contributed by atoms with E-state index in [1.165, 1.54) is 6.07 Å². The lowest BCUT2D eigenvalue weighted by Gasteiger charge is -2.18. The summed E-state index contributed by atoms with van der Waals surface area (Å²) < 4.78 is 52.1. The van der Waals surface area contributed by atoms with Gasteiger partial charge in [-0.2, -0.15) is 13.2 Å². The number of benzene rings is 2. The Hall–Kier alpha value is -1.92. The molecule has 2 aromatic carbocycles. The molecular formula is C14H11F4NO. The molecule has 6 heteroatoms. The molecule has 2 nitrogen and oxygen atoms in total. The molecule has 0 aliphatic carbocycles. The Morgan fingerprint density at radius 3 is 2.15 bits per heavy atom. The van der Waals surface area contributed by atoms with Gasteiger partial charge in [-0.3, -0.25) is 4.84 Å². The third-order valence-corrected chi connectivity index (χ3v) is 2.85. The molecule has 0 spiro atoms. The normalized spacial score (nSPS) is 13.2. The van der Waals surface area contributed by atoms with Crippen LogP contribution in [0.25, 0.3) is 0 Å². The van der Waals surface area contributed by atoms with Crippen LogP contribution in [0.2, 0.25) is 0 Å². The topological polar surface area (TPSA) is 35.2 Å². The van der Waals surface area contributed by atoms with Crippen LogP contribution < -0.4 is 5.90 Å². The zero-order valence-electron chi connectivity index (χ0n) is 10.2. The molecule has 1 unspecified atom stereocenters. The molecule has 0 aliphatic rings. The highest BCUT2D eigenvalue weighted by atomic mass is 19.4. The van der Waals surface area contributed by atoms with Gasteiger partial charge in [0.25, 0.3) is 0 Å². The summed E-state index contributed by atoms with van der Waals surface area (Å²) in [5, 5.41) is 0. The summed E-state index contributed by atoms with van der Waals surface area (Å²) in [5.74, 6) is 3.74. The highest BCUT2D eigenvalue weighted by Crippen LogP contribution is 2.35. The standard InChI is InChI=1S/C14H11F4NO/c15-12-10(7-4-8-11(12)14(16,17)18)13(20-19)9-5-2-1-3-6-9/h1-8,13H,19H2. The largest absolute Gasteiger partial charge is 0.419 e. The van der Waals surface area contributed by atoms with E-state index in [0.717, 1.165) is 6.07 Å². The van der Waals surface area contributed by atoms with Crippen molar-refractivity contribution in [3.8, 4) is 0 Å². The van der Waals surface area contributed by atoms with E-state index >= 15 is 0 Å². The predicted molar refractivity (Wildman–Crippen MR) is 65.0 cm³/mol. The molecule has 1 atom stereocenters. The summed E-state index contributed by atoms with van der Waals surface area (Å²) in [5.41, 5.74) is -1.13. The number of halogens is 4. The molecule has 0 amide bonds. The number of alkyl halides is 3. The molecule has 0 radical (unpaired) electrons. The lowest BCUT2D eigenvalue weighted by Crippen LogP contribution is -2.16. The number of nitrogens with two attached hydrogens (primary N) is 1. The first-order valence-electron chi connectivity index (χ1n) is 5.71. The molecular weight excluding hydrogens is 274 g/mol. The summed E-state index contributed by atoms with van der Waals surface area (Å²) in [7, 11) is 0. The molecule has 0 fully saturated rings. The van der Waals surface area contributed by atoms with Gasteiger partial charge in [-0.15, -0.1) is 0 Å². The minimum atomic E-state index is -4.77. The van der Waals surface area contributed by atoms with Crippen molar-refractivity contribution in [2.75, 3.05) is 0 Å². The van der Waals surface area contributed by atoms with E-state index in [0.29, 0.717) is 11.6 Å². The summed E-state index contributed by atoms with van der Waals surface area (Å²) >= 11 is 0. The van der Waals surface area contributed by atoms with Gasteiger partial charge in [-0.25, -0.2) is 10.3 Å². The first-order chi connectivity index (χ1) is 9.45. The van der Waals surface area contributed by atoms with E-state index in [1.807, 2.05) is 0 Å². The minimum Gasteiger partial charge on any atom is -0.292 e. The Morgan fingerprint density at radius 1 is 0.950 bits per heavy atom. The fourth-order valence-corrected chi connectivity index (χ4v) is 1.93.